The van der Waals surface area contributed by atoms with E-state index in [1.54, 1.807) is 11.0 Å². The van der Waals surface area contributed by atoms with Crippen molar-refractivity contribution in [1.29, 1.82) is 0 Å². The van der Waals surface area contributed by atoms with E-state index in [1.807, 2.05) is 0 Å². The first-order chi connectivity index (χ1) is 15.7. The molecule has 4 rings (SSSR count). The maximum atomic E-state index is 13.2. The van der Waals surface area contributed by atoms with Gasteiger partial charge in [-0.2, -0.15) is 18.3 Å². The molecular weight excluding hydrogens is 443 g/mol. The lowest BCUT2D eigenvalue weighted by Gasteiger charge is -2.19. The minimum atomic E-state index is -4.55. The number of alkyl halides is 3. The fraction of sp³-hybridized carbons (Fsp3) is 0.381. The number of aromatic nitrogens is 3. The highest BCUT2D eigenvalue weighted by Crippen LogP contribution is 2.28. The van der Waals surface area contributed by atoms with E-state index in [0.29, 0.717) is 43.7 Å². The van der Waals surface area contributed by atoms with Gasteiger partial charge in [-0.15, -0.1) is 0 Å². The molecule has 0 unspecified atom stereocenters. The number of carbonyl (C=O) groups excluding carboxylic acids is 1. The normalized spacial score (nSPS) is 14.9. The molecule has 1 aromatic carbocycles. The van der Waals surface area contributed by atoms with Crippen molar-refractivity contribution in [2.75, 3.05) is 26.3 Å². The van der Waals surface area contributed by atoms with Gasteiger partial charge in [-0.3, -0.25) is 24.6 Å². The summed E-state index contributed by atoms with van der Waals surface area (Å²) >= 11 is 0. The number of amides is 1. The second kappa shape index (κ2) is 9.14. The number of carbonyl (C=O) groups is 1. The third-order valence-corrected chi connectivity index (χ3v) is 5.32. The van der Waals surface area contributed by atoms with Crippen LogP contribution in [0.4, 0.5) is 18.9 Å². The first kappa shape index (κ1) is 22.6. The summed E-state index contributed by atoms with van der Waals surface area (Å²) in [6.45, 7) is 0.367. The number of pyridine rings is 1. The number of fused-ring (bicyclic) bond motifs is 1. The number of nitrogens with zero attached hydrogens (tertiary/aromatic N) is 5. The summed E-state index contributed by atoms with van der Waals surface area (Å²) in [7, 11) is 0. The van der Waals surface area contributed by atoms with Crippen LogP contribution < -0.4 is 0 Å². The molecule has 3 heterocycles. The molecule has 1 saturated heterocycles. The van der Waals surface area contributed by atoms with Gasteiger partial charge in [0.05, 0.1) is 22.7 Å². The van der Waals surface area contributed by atoms with Crippen LogP contribution >= 0.6 is 0 Å². The Labute approximate surface area is 185 Å². The Kier molecular flexibility index (Phi) is 6.27. The summed E-state index contributed by atoms with van der Waals surface area (Å²) in [6.07, 6.45) is -2.65. The Morgan fingerprint density at radius 1 is 1.21 bits per heavy atom. The molecule has 0 radical (unpaired) electrons. The Balaban J connectivity index is 1.74. The highest BCUT2D eigenvalue weighted by molar-refractivity contribution is 5.96. The molecule has 12 heteroatoms. The summed E-state index contributed by atoms with van der Waals surface area (Å²) in [5.41, 5.74) is 0.457. The third-order valence-electron chi connectivity index (χ3n) is 5.32. The Morgan fingerprint density at radius 3 is 2.76 bits per heavy atom. The second-order valence-corrected chi connectivity index (χ2v) is 7.63. The van der Waals surface area contributed by atoms with Gasteiger partial charge >= 0.3 is 6.18 Å². The number of halogens is 3. The van der Waals surface area contributed by atoms with Crippen LogP contribution in [0.25, 0.3) is 10.9 Å². The summed E-state index contributed by atoms with van der Waals surface area (Å²) in [5, 5.41) is 15.7. The molecule has 0 bridgehead atoms. The van der Waals surface area contributed by atoms with Gasteiger partial charge in [-0.1, -0.05) is 18.2 Å². The van der Waals surface area contributed by atoms with Gasteiger partial charge in [0.15, 0.2) is 0 Å². The lowest BCUT2D eigenvalue weighted by molar-refractivity contribution is -0.385. The van der Waals surface area contributed by atoms with E-state index in [0.717, 1.165) is 4.68 Å². The maximum absolute atomic E-state index is 13.2. The monoisotopic (exact) mass is 463 g/mol. The van der Waals surface area contributed by atoms with Gasteiger partial charge in [0, 0.05) is 49.3 Å². The number of ether oxygens (including phenoxy) is 1. The smallest absolute Gasteiger partial charge is 0.380 e. The number of benzene rings is 1. The van der Waals surface area contributed by atoms with Crippen molar-refractivity contribution < 1.29 is 27.6 Å². The highest BCUT2D eigenvalue weighted by Gasteiger charge is 2.31. The highest BCUT2D eigenvalue weighted by atomic mass is 19.4. The molecule has 1 aliphatic heterocycles. The quantitative estimate of drug-likeness (QED) is 0.425. The van der Waals surface area contributed by atoms with Crippen LogP contribution in [0.1, 0.15) is 28.2 Å². The van der Waals surface area contributed by atoms with Crippen LogP contribution in [0.3, 0.4) is 0 Å². The van der Waals surface area contributed by atoms with Crippen LogP contribution in [0.15, 0.2) is 36.5 Å². The van der Waals surface area contributed by atoms with E-state index in [9.17, 15) is 28.1 Å². The van der Waals surface area contributed by atoms with Crippen LogP contribution in [-0.2, 0) is 17.7 Å². The third kappa shape index (κ3) is 5.11. The average molecular weight is 463 g/mol. The molecule has 2 aromatic heterocycles. The molecule has 0 saturated carbocycles. The van der Waals surface area contributed by atoms with Gasteiger partial charge in [-0.25, -0.2) is 0 Å². The number of nitro groups is 1. The fourth-order valence-electron chi connectivity index (χ4n) is 3.80. The van der Waals surface area contributed by atoms with E-state index in [1.165, 1.54) is 30.5 Å². The first-order valence-corrected chi connectivity index (χ1v) is 10.2. The zero-order valence-electron chi connectivity index (χ0n) is 17.4. The largest absolute Gasteiger partial charge is 0.408 e. The van der Waals surface area contributed by atoms with Crippen molar-refractivity contribution >= 4 is 22.5 Å². The molecule has 0 spiro atoms. The number of rotatable bonds is 5. The van der Waals surface area contributed by atoms with Crippen LogP contribution in [0, 0.1) is 10.1 Å². The Hall–Kier alpha value is -3.54. The Bertz CT molecular complexity index is 1190. The van der Waals surface area contributed by atoms with Crippen molar-refractivity contribution in [2.24, 2.45) is 0 Å². The van der Waals surface area contributed by atoms with Crippen LogP contribution in [-0.4, -0.2) is 63.0 Å². The van der Waals surface area contributed by atoms with Crippen molar-refractivity contribution in [1.82, 2.24) is 19.7 Å². The van der Waals surface area contributed by atoms with Gasteiger partial charge in [0.2, 0.25) is 0 Å². The fourth-order valence-corrected chi connectivity index (χ4v) is 3.80. The lowest BCUT2D eigenvalue weighted by Crippen LogP contribution is -2.33. The molecule has 1 fully saturated rings. The van der Waals surface area contributed by atoms with Crippen LogP contribution in [0.5, 0.6) is 0 Å². The molecule has 3 aromatic rings. The molecule has 1 aliphatic rings. The maximum Gasteiger partial charge on any atom is 0.408 e. The molecule has 174 valence electrons. The summed E-state index contributed by atoms with van der Waals surface area (Å²) in [6, 6.07) is 7.27. The summed E-state index contributed by atoms with van der Waals surface area (Å²) < 4.78 is 45.8. The predicted octanol–water partition coefficient (Wildman–Crippen LogP) is 3.36. The topological polar surface area (TPSA) is 103 Å². The van der Waals surface area contributed by atoms with E-state index in [4.69, 9.17) is 4.74 Å². The molecule has 33 heavy (non-hydrogen) atoms. The van der Waals surface area contributed by atoms with Crippen molar-refractivity contribution in [3.05, 3.63) is 63.6 Å². The molecule has 0 atom stereocenters. The zero-order valence-corrected chi connectivity index (χ0v) is 17.4. The van der Waals surface area contributed by atoms with Gasteiger partial charge < -0.3 is 9.64 Å². The number of hydrogen-bond donors (Lipinski definition) is 0. The molecule has 9 nitrogen and oxygen atoms in total. The minimum absolute atomic E-state index is 0.00460. The van der Waals surface area contributed by atoms with Gasteiger partial charge in [0.25, 0.3) is 11.6 Å². The van der Waals surface area contributed by atoms with Gasteiger partial charge in [-0.05, 0) is 12.5 Å². The van der Waals surface area contributed by atoms with E-state index in [2.05, 4.69) is 10.1 Å². The SMILES string of the molecule is O=C(c1cc2c(cn1)c(Cc1ccccc1[N+](=O)[O-])nn2CC(F)(F)F)N1CCCOCC1. The van der Waals surface area contributed by atoms with Crippen molar-refractivity contribution in [2.45, 2.75) is 25.6 Å². The van der Waals surface area contributed by atoms with E-state index >= 15 is 0 Å². The molecule has 0 aliphatic carbocycles. The van der Waals surface area contributed by atoms with Crippen molar-refractivity contribution in [3.63, 3.8) is 0 Å². The minimum Gasteiger partial charge on any atom is -0.380 e. The lowest BCUT2D eigenvalue weighted by atomic mass is 10.1. The number of para-hydroxylation sites is 1. The summed E-state index contributed by atoms with van der Waals surface area (Å²) in [5.74, 6) is -0.401. The first-order valence-electron chi connectivity index (χ1n) is 10.2. The Morgan fingerprint density at radius 2 is 2.00 bits per heavy atom. The average Bonchev–Trinajstić information content (AvgIpc) is 2.94. The van der Waals surface area contributed by atoms with Crippen molar-refractivity contribution in [3.8, 4) is 0 Å². The number of nitro benzene ring substituents is 1. The molecular formula is C21H20F3N5O4. The molecule has 0 N–H and O–H groups in total. The van der Waals surface area contributed by atoms with Gasteiger partial charge in [0.1, 0.15) is 12.2 Å². The second-order valence-electron chi connectivity index (χ2n) is 7.63. The number of hydrogen-bond acceptors (Lipinski definition) is 6. The standard InChI is InChI=1S/C21H20F3N5O4/c22-21(23,24)13-28-19-11-17(20(30)27-6-3-8-33-9-7-27)25-12-15(19)16(26-28)10-14-4-1-2-5-18(14)29(31)32/h1-2,4-5,11-12H,3,6-10,13H2. The molecule has 1 amide bonds. The zero-order chi connectivity index (χ0) is 23.6. The summed E-state index contributed by atoms with van der Waals surface area (Å²) in [4.78, 5) is 29.4. The van der Waals surface area contributed by atoms with E-state index in [-0.39, 0.29) is 29.0 Å². The van der Waals surface area contributed by atoms with Crippen LogP contribution in [0.2, 0.25) is 0 Å². The predicted molar refractivity (Wildman–Crippen MR) is 111 cm³/mol. The van der Waals surface area contributed by atoms with E-state index < -0.39 is 23.6 Å².